The van der Waals surface area contributed by atoms with Gasteiger partial charge in [-0.05, 0) is 19.1 Å². The molecule has 0 radical (unpaired) electrons. The Balaban J connectivity index is 2.63. The Bertz CT molecular complexity index is 194. The number of hydrogen-bond donors (Lipinski definition) is 1. The SMILES string of the molecule is CCN1CCN(C(N)=S)C1=O. The second-order valence-electron chi connectivity index (χ2n) is 2.35. The molecule has 1 fully saturated rings. The zero-order valence-electron chi connectivity index (χ0n) is 6.41. The van der Waals surface area contributed by atoms with Crippen LogP contribution in [0.3, 0.4) is 0 Å². The van der Waals surface area contributed by atoms with Crippen LogP contribution in [-0.4, -0.2) is 40.6 Å². The summed E-state index contributed by atoms with van der Waals surface area (Å²) in [5.41, 5.74) is 5.31. The lowest BCUT2D eigenvalue weighted by molar-refractivity contribution is 0.207. The monoisotopic (exact) mass is 173 g/mol. The van der Waals surface area contributed by atoms with Crippen LogP contribution in [0.1, 0.15) is 6.92 Å². The van der Waals surface area contributed by atoms with Gasteiger partial charge >= 0.3 is 6.03 Å². The van der Waals surface area contributed by atoms with E-state index < -0.39 is 0 Å². The lowest BCUT2D eigenvalue weighted by Gasteiger charge is -2.14. The molecule has 1 saturated heterocycles. The molecule has 1 aliphatic rings. The molecule has 0 unspecified atom stereocenters. The van der Waals surface area contributed by atoms with Crippen molar-refractivity contribution in [2.24, 2.45) is 5.73 Å². The molecule has 1 aliphatic heterocycles. The molecule has 0 atom stereocenters. The highest BCUT2D eigenvalue weighted by Gasteiger charge is 2.28. The molecule has 4 nitrogen and oxygen atoms in total. The third-order valence-electron chi connectivity index (χ3n) is 1.74. The molecular formula is C6H11N3OS. The number of hydrogen-bond acceptors (Lipinski definition) is 2. The third kappa shape index (κ3) is 1.42. The molecule has 0 aliphatic carbocycles. The van der Waals surface area contributed by atoms with E-state index >= 15 is 0 Å². The molecule has 1 rings (SSSR count). The number of carbonyl (C=O) groups excluding carboxylic acids is 1. The summed E-state index contributed by atoms with van der Waals surface area (Å²) in [4.78, 5) is 14.4. The van der Waals surface area contributed by atoms with Crippen molar-refractivity contribution < 1.29 is 4.79 Å². The van der Waals surface area contributed by atoms with Gasteiger partial charge in [-0.15, -0.1) is 0 Å². The van der Waals surface area contributed by atoms with Crippen LogP contribution < -0.4 is 5.73 Å². The molecule has 0 aromatic heterocycles. The maximum Gasteiger partial charge on any atom is 0.326 e. The summed E-state index contributed by atoms with van der Waals surface area (Å²) in [5, 5.41) is 0.172. The van der Waals surface area contributed by atoms with Gasteiger partial charge < -0.3 is 10.6 Å². The van der Waals surface area contributed by atoms with Crippen molar-refractivity contribution >= 4 is 23.4 Å². The van der Waals surface area contributed by atoms with Gasteiger partial charge in [0.1, 0.15) is 0 Å². The molecule has 2 amide bonds. The van der Waals surface area contributed by atoms with E-state index in [4.69, 9.17) is 5.73 Å². The lowest BCUT2D eigenvalue weighted by Crippen LogP contribution is -2.39. The number of nitrogens with zero attached hydrogens (tertiary/aromatic N) is 2. The van der Waals surface area contributed by atoms with Crippen LogP contribution in [0.15, 0.2) is 0 Å². The molecule has 11 heavy (non-hydrogen) atoms. The third-order valence-corrected chi connectivity index (χ3v) is 1.96. The summed E-state index contributed by atoms with van der Waals surface area (Å²) in [6, 6.07) is -0.0694. The van der Waals surface area contributed by atoms with Crippen molar-refractivity contribution in [2.45, 2.75) is 6.92 Å². The topological polar surface area (TPSA) is 49.6 Å². The highest BCUT2D eigenvalue weighted by atomic mass is 32.1. The van der Waals surface area contributed by atoms with Crippen molar-refractivity contribution in [1.82, 2.24) is 9.80 Å². The summed E-state index contributed by atoms with van der Waals surface area (Å²) < 4.78 is 0. The van der Waals surface area contributed by atoms with Gasteiger partial charge in [0, 0.05) is 19.6 Å². The van der Waals surface area contributed by atoms with Crippen LogP contribution in [0.5, 0.6) is 0 Å². The van der Waals surface area contributed by atoms with E-state index in [2.05, 4.69) is 12.2 Å². The first kappa shape index (κ1) is 8.26. The average Bonchev–Trinajstić information content (AvgIpc) is 2.30. The smallest absolute Gasteiger partial charge is 0.326 e. The van der Waals surface area contributed by atoms with Crippen LogP contribution in [0.4, 0.5) is 4.79 Å². The van der Waals surface area contributed by atoms with Gasteiger partial charge in [-0.2, -0.15) is 0 Å². The fourth-order valence-electron chi connectivity index (χ4n) is 1.08. The first-order valence-electron chi connectivity index (χ1n) is 3.52. The van der Waals surface area contributed by atoms with E-state index in [9.17, 15) is 4.79 Å². The Morgan fingerprint density at radius 1 is 1.73 bits per heavy atom. The van der Waals surface area contributed by atoms with Gasteiger partial charge in [0.2, 0.25) is 0 Å². The molecule has 0 aromatic rings. The second kappa shape index (κ2) is 3.04. The quantitative estimate of drug-likeness (QED) is 0.567. The maximum atomic E-state index is 11.3. The molecule has 2 N–H and O–H groups in total. The highest BCUT2D eigenvalue weighted by Crippen LogP contribution is 2.06. The van der Waals surface area contributed by atoms with Crippen LogP contribution >= 0.6 is 12.2 Å². The van der Waals surface area contributed by atoms with Crippen molar-refractivity contribution in [2.75, 3.05) is 19.6 Å². The predicted molar refractivity (Wildman–Crippen MR) is 46.1 cm³/mol. The van der Waals surface area contributed by atoms with Gasteiger partial charge in [-0.3, -0.25) is 4.90 Å². The first-order valence-corrected chi connectivity index (χ1v) is 3.93. The van der Waals surface area contributed by atoms with E-state index in [1.165, 1.54) is 4.90 Å². The van der Waals surface area contributed by atoms with Crippen LogP contribution in [0.25, 0.3) is 0 Å². The first-order chi connectivity index (χ1) is 5.16. The zero-order chi connectivity index (χ0) is 8.43. The predicted octanol–water partition coefficient (Wildman–Crippen LogP) is -0.0125. The minimum Gasteiger partial charge on any atom is -0.376 e. The summed E-state index contributed by atoms with van der Waals surface area (Å²) >= 11 is 4.69. The summed E-state index contributed by atoms with van der Waals surface area (Å²) in [6.07, 6.45) is 0. The molecule has 0 spiro atoms. The second-order valence-corrected chi connectivity index (χ2v) is 2.77. The number of carbonyl (C=O) groups is 1. The van der Waals surface area contributed by atoms with Crippen molar-refractivity contribution in [3.05, 3.63) is 0 Å². The fraction of sp³-hybridized carbons (Fsp3) is 0.667. The summed E-state index contributed by atoms with van der Waals surface area (Å²) in [6.45, 7) is 4.01. The molecule has 5 heteroatoms. The zero-order valence-corrected chi connectivity index (χ0v) is 7.23. The van der Waals surface area contributed by atoms with Crippen LogP contribution in [-0.2, 0) is 0 Å². The Labute approximate surface area is 70.9 Å². The van der Waals surface area contributed by atoms with Gasteiger partial charge in [-0.1, -0.05) is 0 Å². The standard InChI is InChI=1S/C6H11N3OS/c1-2-8-3-4-9(5(7)11)6(8)10/h2-4H2,1H3,(H2,7,11). The van der Waals surface area contributed by atoms with E-state index in [0.717, 1.165) is 13.1 Å². The van der Waals surface area contributed by atoms with Gasteiger partial charge in [0.25, 0.3) is 0 Å². The van der Waals surface area contributed by atoms with E-state index in [1.54, 1.807) is 4.90 Å². The van der Waals surface area contributed by atoms with Gasteiger partial charge in [0.15, 0.2) is 5.11 Å². The number of urea groups is 1. The molecular weight excluding hydrogens is 162 g/mol. The van der Waals surface area contributed by atoms with Crippen LogP contribution in [0.2, 0.25) is 0 Å². The summed E-state index contributed by atoms with van der Waals surface area (Å²) in [7, 11) is 0. The van der Waals surface area contributed by atoms with Gasteiger partial charge in [-0.25, -0.2) is 4.79 Å². The molecule has 0 aromatic carbocycles. The Kier molecular flexibility index (Phi) is 2.28. The number of likely N-dealkylation sites (N-methyl/N-ethyl adjacent to an activating group) is 1. The van der Waals surface area contributed by atoms with Gasteiger partial charge in [0.05, 0.1) is 0 Å². The Morgan fingerprint density at radius 2 is 2.36 bits per heavy atom. The molecule has 0 bridgehead atoms. The Morgan fingerprint density at radius 3 is 2.64 bits per heavy atom. The molecule has 1 heterocycles. The van der Waals surface area contributed by atoms with E-state index in [1.807, 2.05) is 6.92 Å². The average molecular weight is 173 g/mol. The van der Waals surface area contributed by atoms with E-state index in [0.29, 0.717) is 6.54 Å². The minimum atomic E-state index is -0.0694. The fourth-order valence-corrected chi connectivity index (χ4v) is 1.25. The minimum absolute atomic E-state index is 0.0694. The largest absolute Gasteiger partial charge is 0.376 e. The number of thiocarbonyl (C=S) groups is 1. The van der Waals surface area contributed by atoms with Crippen LogP contribution in [0, 0.1) is 0 Å². The molecule has 0 saturated carbocycles. The van der Waals surface area contributed by atoms with Crippen molar-refractivity contribution in [3.63, 3.8) is 0 Å². The lowest BCUT2D eigenvalue weighted by atomic mass is 10.6. The normalized spacial score (nSPS) is 17.7. The molecule has 62 valence electrons. The van der Waals surface area contributed by atoms with E-state index in [-0.39, 0.29) is 11.1 Å². The Hall–Kier alpha value is -0.840. The maximum absolute atomic E-state index is 11.3. The number of nitrogens with two attached hydrogens (primary N) is 1. The van der Waals surface area contributed by atoms with Crippen molar-refractivity contribution in [1.29, 1.82) is 0 Å². The highest BCUT2D eigenvalue weighted by molar-refractivity contribution is 7.80. The number of rotatable bonds is 1. The summed E-state index contributed by atoms with van der Waals surface area (Å²) in [5.74, 6) is 0. The number of amides is 2. The van der Waals surface area contributed by atoms with Crippen molar-refractivity contribution in [3.8, 4) is 0 Å².